The quantitative estimate of drug-likeness (QED) is 0.152. The molecule has 0 spiro atoms. The van der Waals surface area contributed by atoms with Gasteiger partial charge in [0.1, 0.15) is 35.8 Å². The summed E-state index contributed by atoms with van der Waals surface area (Å²) in [7, 11) is 2.75. The Kier molecular flexibility index (Phi) is 18.9. The monoisotopic (exact) mass is 731 g/mol. The molecule has 1 aromatic rings. The highest BCUT2D eigenvalue weighted by Gasteiger charge is 2.38. The van der Waals surface area contributed by atoms with Gasteiger partial charge in [-0.3, -0.25) is 19.2 Å². The van der Waals surface area contributed by atoms with Crippen molar-refractivity contribution in [3.8, 4) is 0 Å². The van der Waals surface area contributed by atoms with Gasteiger partial charge in [0.25, 0.3) is 0 Å². The number of likely N-dealkylation sites (N-methyl/N-ethyl adjacent to an activating group) is 1. The van der Waals surface area contributed by atoms with Crippen molar-refractivity contribution in [1.82, 2.24) is 26.2 Å². The molecule has 0 bridgehead atoms. The highest BCUT2D eigenvalue weighted by Crippen LogP contribution is 2.17. The summed E-state index contributed by atoms with van der Waals surface area (Å²) in [5, 5.41) is 11.1. The minimum atomic E-state index is -1.01. The van der Waals surface area contributed by atoms with E-state index in [2.05, 4.69) is 21.3 Å². The average molecular weight is 732 g/mol. The van der Waals surface area contributed by atoms with Gasteiger partial charge in [0.15, 0.2) is 0 Å². The van der Waals surface area contributed by atoms with Crippen LogP contribution in [0.5, 0.6) is 0 Å². The van der Waals surface area contributed by atoms with Crippen LogP contribution < -0.4 is 21.3 Å². The molecule has 13 nitrogen and oxygen atoms in total. The predicted octanol–water partition coefficient (Wildman–Crippen LogP) is 4.37. The third-order valence-electron chi connectivity index (χ3n) is 8.13. The Labute approximate surface area is 311 Å². The van der Waals surface area contributed by atoms with Crippen LogP contribution in [0.15, 0.2) is 30.3 Å². The Bertz CT molecular complexity index is 1330. The molecule has 13 heteroatoms. The van der Waals surface area contributed by atoms with Crippen LogP contribution >= 0.6 is 0 Å². The normalized spacial score (nSPS) is 14.6. The Hall–Kier alpha value is -4.16. The molecule has 0 saturated heterocycles. The molecule has 0 aliphatic rings. The SMILES string of the molecule is COC(=O)[C@@H](Cc1ccccc1)NC(=O)[C@@H](CC(C)C)NC(=O)[C@@H](C(C)C)N(C)C(=O)[C@@H](CC(C)C)NC(=O)[C@@H](CC(C)C)NC(=O)OC(C)(C)C. The summed E-state index contributed by atoms with van der Waals surface area (Å²) < 4.78 is 10.3. The molecule has 1 rings (SSSR count). The molecule has 0 saturated carbocycles. The number of benzene rings is 1. The van der Waals surface area contributed by atoms with Gasteiger partial charge in [0.05, 0.1) is 7.11 Å². The van der Waals surface area contributed by atoms with Crippen molar-refractivity contribution >= 4 is 35.7 Å². The van der Waals surface area contributed by atoms with E-state index in [-0.39, 0.29) is 42.9 Å². The van der Waals surface area contributed by atoms with Crippen LogP contribution in [-0.2, 0) is 39.9 Å². The van der Waals surface area contributed by atoms with Crippen molar-refractivity contribution < 1.29 is 38.2 Å². The molecule has 5 atom stereocenters. The fourth-order valence-corrected chi connectivity index (χ4v) is 5.84. The standard InChI is InChI=1S/C39H65N5O8/c1-23(2)19-28(33(45)42-31(37(49)51-13)22-27-17-15-14-16-18-27)40-35(47)32(26(7)8)44(12)36(48)30(21-25(5)6)41-34(46)29(20-24(3)4)43-38(50)52-39(9,10)11/h14-18,23-26,28-32H,19-22H2,1-13H3,(H,40,47)(H,41,46)(H,42,45)(H,43,50)/t28-,29-,30-,31-,32-/m1/s1. The van der Waals surface area contributed by atoms with Crippen molar-refractivity contribution in [3.05, 3.63) is 35.9 Å². The minimum Gasteiger partial charge on any atom is -0.467 e. The first-order valence-corrected chi connectivity index (χ1v) is 18.3. The molecule has 52 heavy (non-hydrogen) atoms. The molecule has 0 fully saturated rings. The number of alkyl carbamates (subject to hydrolysis) is 1. The molecule has 0 unspecified atom stereocenters. The number of methoxy groups -OCH3 is 1. The summed E-state index contributed by atoms with van der Waals surface area (Å²) in [6.45, 7) is 20.2. The number of carbonyl (C=O) groups excluding carboxylic acids is 6. The van der Waals surface area contributed by atoms with E-state index >= 15 is 0 Å². The van der Waals surface area contributed by atoms with E-state index in [9.17, 15) is 28.8 Å². The summed E-state index contributed by atoms with van der Waals surface area (Å²) in [4.78, 5) is 82.0. The summed E-state index contributed by atoms with van der Waals surface area (Å²) in [5.74, 6) is -3.10. The number of esters is 1. The first-order valence-electron chi connectivity index (χ1n) is 18.3. The average Bonchev–Trinajstić information content (AvgIpc) is 3.01. The molecule has 4 N–H and O–H groups in total. The number of amides is 5. The van der Waals surface area contributed by atoms with Crippen molar-refractivity contribution in [1.29, 1.82) is 0 Å². The Morgan fingerprint density at radius 3 is 1.54 bits per heavy atom. The zero-order valence-electron chi connectivity index (χ0n) is 33.6. The van der Waals surface area contributed by atoms with Crippen molar-refractivity contribution in [2.75, 3.05) is 14.2 Å². The molecule has 0 aromatic heterocycles. The smallest absolute Gasteiger partial charge is 0.408 e. The maximum atomic E-state index is 14.1. The molecule has 5 amide bonds. The number of ether oxygens (including phenoxy) is 2. The van der Waals surface area contributed by atoms with E-state index < -0.39 is 71.5 Å². The van der Waals surface area contributed by atoms with Gasteiger partial charge in [-0.25, -0.2) is 9.59 Å². The number of hydrogen-bond donors (Lipinski definition) is 4. The van der Waals surface area contributed by atoms with E-state index in [0.29, 0.717) is 6.42 Å². The Balaban J connectivity index is 3.30. The molecule has 1 aromatic carbocycles. The lowest BCUT2D eigenvalue weighted by molar-refractivity contribution is -0.146. The lowest BCUT2D eigenvalue weighted by atomic mass is 9.96. The summed E-state index contributed by atoms with van der Waals surface area (Å²) in [5.41, 5.74) is 0.0516. The summed E-state index contributed by atoms with van der Waals surface area (Å²) in [6, 6.07) is 4.23. The van der Waals surface area contributed by atoms with Gasteiger partial charge in [0.2, 0.25) is 23.6 Å². The van der Waals surface area contributed by atoms with Gasteiger partial charge in [-0.05, 0) is 69.3 Å². The fraction of sp³-hybridized carbons (Fsp3) is 0.692. The van der Waals surface area contributed by atoms with Crippen LogP contribution in [0.1, 0.15) is 101 Å². The minimum absolute atomic E-state index is 0.00248. The van der Waals surface area contributed by atoms with Crippen LogP contribution in [0, 0.1) is 23.7 Å². The summed E-state index contributed by atoms with van der Waals surface area (Å²) in [6.07, 6.45) is 0.306. The van der Waals surface area contributed by atoms with Crippen molar-refractivity contribution in [2.45, 2.75) is 138 Å². The number of rotatable bonds is 19. The van der Waals surface area contributed by atoms with Gasteiger partial charge in [0, 0.05) is 13.5 Å². The zero-order chi connectivity index (χ0) is 39.9. The van der Waals surface area contributed by atoms with Crippen molar-refractivity contribution in [3.63, 3.8) is 0 Å². The second kappa shape index (κ2) is 21.4. The topological polar surface area (TPSA) is 172 Å². The van der Waals surface area contributed by atoms with Gasteiger partial charge in [-0.2, -0.15) is 0 Å². The molecule has 0 aliphatic heterocycles. The predicted molar refractivity (Wildman–Crippen MR) is 201 cm³/mol. The first-order chi connectivity index (χ1) is 24.1. The molecule has 0 aliphatic carbocycles. The van der Waals surface area contributed by atoms with E-state index in [1.54, 1.807) is 34.6 Å². The van der Waals surface area contributed by atoms with Gasteiger partial charge < -0.3 is 35.6 Å². The number of nitrogens with zero attached hydrogens (tertiary/aromatic N) is 1. The Morgan fingerprint density at radius 1 is 0.654 bits per heavy atom. The highest BCUT2D eigenvalue weighted by atomic mass is 16.6. The lowest BCUT2D eigenvalue weighted by Gasteiger charge is -2.35. The van der Waals surface area contributed by atoms with Gasteiger partial charge in [-0.1, -0.05) is 85.7 Å². The fourth-order valence-electron chi connectivity index (χ4n) is 5.84. The lowest BCUT2D eigenvalue weighted by Crippen LogP contribution is -2.60. The molecule has 0 heterocycles. The van der Waals surface area contributed by atoms with Gasteiger partial charge >= 0.3 is 12.1 Å². The summed E-state index contributed by atoms with van der Waals surface area (Å²) >= 11 is 0. The second-order valence-corrected chi connectivity index (χ2v) is 16.1. The molecular weight excluding hydrogens is 666 g/mol. The van der Waals surface area contributed by atoms with Crippen LogP contribution in [0.2, 0.25) is 0 Å². The number of nitrogens with one attached hydrogen (secondary N) is 4. The first kappa shape index (κ1) is 45.9. The maximum Gasteiger partial charge on any atom is 0.408 e. The molecule has 0 radical (unpaired) electrons. The third kappa shape index (κ3) is 16.5. The Morgan fingerprint density at radius 2 is 1.10 bits per heavy atom. The second-order valence-electron chi connectivity index (χ2n) is 16.1. The van der Waals surface area contributed by atoms with E-state index in [1.807, 2.05) is 71.9 Å². The molecule has 294 valence electrons. The number of hydrogen-bond acceptors (Lipinski definition) is 8. The third-order valence-corrected chi connectivity index (χ3v) is 8.13. The van der Waals surface area contributed by atoms with E-state index in [0.717, 1.165) is 5.56 Å². The zero-order valence-corrected chi connectivity index (χ0v) is 33.6. The van der Waals surface area contributed by atoms with Crippen LogP contribution in [0.4, 0.5) is 4.79 Å². The van der Waals surface area contributed by atoms with Crippen LogP contribution in [0.25, 0.3) is 0 Å². The number of carbonyl (C=O) groups is 6. The van der Waals surface area contributed by atoms with Crippen LogP contribution in [0.3, 0.4) is 0 Å². The van der Waals surface area contributed by atoms with Crippen LogP contribution in [-0.4, -0.2) is 90.6 Å². The largest absolute Gasteiger partial charge is 0.467 e. The van der Waals surface area contributed by atoms with E-state index in [4.69, 9.17) is 9.47 Å². The maximum absolute atomic E-state index is 14.1. The molecular formula is C39H65N5O8. The van der Waals surface area contributed by atoms with E-state index in [1.165, 1.54) is 19.1 Å². The highest BCUT2D eigenvalue weighted by molar-refractivity contribution is 5.96. The van der Waals surface area contributed by atoms with Gasteiger partial charge in [-0.15, -0.1) is 0 Å². The van der Waals surface area contributed by atoms with Crippen molar-refractivity contribution in [2.24, 2.45) is 23.7 Å².